The van der Waals surface area contributed by atoms with Gasteiger partial charge in [-0.15, -0.1) is 0 Å². The van der Waals surface area contributed by atoms with E-state index in [4.69, 9.17) is 33.0 Å². The van der Waals surface area contributed by atoms with Crippen molar-refractivity contribution in [3.8, 4) is 11.8 Å². The monoisotopic (exact) mass is 437 g/mol. The Balaban J connectivity index is 1.83. The molecule has 0 aliphatic heterocycles. The number of carboxylic acid groups (broad SMARTS) is 1. The van der Waals surface area contributed by atoms with Gasteiger partial charge in [-0.25, -0.2) is 4.79 Å². The number of hydrogen-bond donors (Lipinski definition) is 1. The molecule has 3 rings (SSSR count). The van der Waals surface area contributed by atoms with Crippen LogP contribution in [0, 0.1) is 18.3 Å². The second kappa shape index (κ2) is 9.49. The van der Waals surface area contributed by atoms with Crippen molar-refractivity contribution in [3.05, 3.63) is 98.5 Å². The topological polar surface area (TPSA) is 70.3 Å². The highest BCUT2D eigenvalue weighted by Gasteiger charge is 2.11. The van der Waals surface area contributed by atoms with Gasteiger partial charge < -0.3 is 9.84 Å². The van der Waals surface area contributed by atoms with Crippen molar-refractivity contribution in [2.75, 3.05) is 0 Å². The maximum Gasteiger partial charge on any atom is 0.335 e. The van der Waals surface area contributed by atoms with E-state index < -0.39 is 5.97 Å². The lowest BCUT2D eigenvalue weighted by Gasteiger charge is -2.11. The number of benzene rings is 3. The third-order valence-corrected chi connectivity index (χ3v) is 4.96. The Labute approximate surface area is 184 Å². The molecule has 0 saturated heterocycles. The third kappa shape index (κ3) is 5.21. The maximum atomic E-state index is 11.0. The number of rotatable bonds is 6. The van der Waals surface area contributed by atoms with Gasteiger partial charge >= 0.3 is 5.97 Å². The highest BCUT2D eigenvalue weighted by molar-refractivity contribution is 6.37. The van der Waals surface area contributed by atoms with Crippen LogP contribution in [-0.2, 0) is 6.61 Å². The van der Waals surface area contributed by atoms with Gasteiger partial charge in [0.05, 0.1) is 27.3 Å². The molecular weight excluding hydrogens is 421 g/mol. The van der Waals surface area contributed by atoms with E-state index in [2.05, 4.69) is 6.07 Å². The largest absolute Gasteiger partial charge is 0.486 e. The highest BCUT2D eigenvalue weighted by Crippen LogP contribution is 2.36. The smallest absolute Gasteiger partial charge is 0.335 e. The van der Waals surface area contributed by atoms with Gasteiger partial charge in [0, 0.05) is 0 Å². The van der Waals surface area contributed by atoms with Gasteiger partial charge in [0.15, 0.2) is 5.75 Å². The van der Waals surface area contributed by atoms with Crippen LogP contribution in [0.3, 0.4) is 0 Å². The molecule has 0 fully saturated rings. The van der Waals surface area contributed by atoms with E-state index in [1.165, 1.54) is 12.1 Å². The summed E-state index contributed by atoms with van der Waals surface area (Å²) < 4.78 is 5.79. The second-order valence-electron chi connectivity index (χ2n) is 6.64. The molecule has 150 valence electrons. The van der Waals surface area contributed by atoms with E-state index in [1.807, 2.05) is 31.2 Å². The molecule has 0 radical (unpaired) electrons. The zero-order valence-corrected chi connectivity index (χ0v) is 17.5. The predicted molar refractivity (Wildman–Crippen MR) is 119 cm³/mol. The van der Waals surface area contributed by atoms with Crippen LogP contribution in [0.4, 0.5) is 0 Å². The minimum atomic E-state index is -1.02. The van der Waals surface area contributed by atoms with E-state index in [0.29, 0.717) is 39.1 Å². The van der Waals surface area contributed by atoms with Gasteiger partial charge in [0.2, 0.25) is 0 Å². The Kier molecular flexibility index (Phi) is 6.79. The average Bonchev–Trinajstić information content (AvgIpc) is 2.73. The van der Waals surface area contributed by atoms with Crippen LogP contribution in [0.5, 0.6) is 5.75 Å². The van der Waals surface area contributed by atoms with Crippen LogP contribution in [-0.4, -0.2) is 11.1 Å². The summed E-state index contributed by atoms with van der Waals surface area (Å²) in [6.07, 6.45) is 1.64. The zero-order valence-electron chi connectivity index (χ0n) is 16.0. The summed E-state index contributed by atoms with van der Waals surface area (Å²) in [5, 5.41) is 19.2. The fourth-order valence-corrected chi connectivity index (χ4v) is 3.39. The molecule has 0 amide bonds. The Bertz CT molecular complexity index is 1120. The molecule has 0 atom stereocenters. The van der Waals surface area contributed by atoms with Gasteiger partial charge in [-0.3, -0.25) is 0 Å². The molecular formula is C24H17Cl2NO3. The fraction of sp³-hybridized carbons (Fsp3) is 0.0833. The van der Waals surface area contributed by atoms with Crippen LogP contribution >= 0.6 is 23.2 Å². The quantitative estimate of drug-likeness (QED) is 0.346. The number of allylic oxidation sites excluding steroid dienone is 1. The summed E-state index contributed by atoms with van der Waals surface area (Å²) in [5.41, 5.74) is 3.88. The van der Waals surface area contributed by atoms with E-state index >= 15 is 0 Å². The lowest BCUT2D eigenvalue weighted by molar-refractivity contribution is 0.0697. The zero-order chi connectivity index (χ0) is 21.7. The van der Waals surface area contributed by atoms with Gasteiger partial charge in [0.25, 0.3) is 0 Å². The molecule has 0 bridgehead atoms. The lowest BCUT2D eigenvalue weighted by atomic mass is 10.0. The normalized spacial score (nSPS) is 11.1. The number of halogens is 2. The molecule has 0 aliphatic rings. The van der Waals surface area contributed by atoms with Crippen LogP contribution in [0.15, 0.2) is 60.7 Å². The van der Waals surface area contributed by atoms with Gasteiger partial charge in [-0.2, -0.15) is 5.26 Å². The number of carboxylic acids is 1. The van der Waals surface area contributed by atoms with Crippen LogP contribution in [0.25, 0.3) is 11.6 Å². The number of nitrogens with zero attached hydrogens (tertiary/aromatic N) is 1. The molecule has 1 N–H and O–H groups in total. The lowest BCUT2D eigenvalue weighted by Crippen LogP contribution is -1.97. The molecule has 0 aromatic heterocycles. The predicted octanol–water partition coefficient (Wildman–Crippen LogP) is 6.64. The van der Waals surface area contributed by atoms with E-state index in [0.717, 1.165) is 11.1 Å². The summed E-state index contributed by atoms with van der Waals surface area (Å²) in [6, 6.07) is 19.5. The molecule has 0 saturated carbocycles. The Morgan fingerprint density at radius 2 is 1.60 bits per heavy atom. The van der Waals surface area contributed by atoms with E-state index in [1.54, 1.807) is 30.3 Å². The SMILES string of the molecule is Cc1ccc(COc2c(Cl)cc(/C=C(/C#N)c3ccc(C(=O)O)cc3)cc2Cl)cc1. The number of aryl methyl sites for hydroxylation is 1. The minimum absolute atomic E-state index is 0.150. The van der Waals surface area contributed by atoms with Crippen molar-refractivity contribution in [2.24, 2.45) is 0 Å². The fourth-order valence-electron chi connectivity index (χ4n) is 2.78. The molecule has 0 heterocycles. The third-order valence-electron chi connectivity index (χ3n) is 4.40. The summed E-state index contributed by atoms with van der Waals surface area (Å²) in [4.78, 5) is 11.0. The molecule has 0 unspecified atom stereocenters. The van der Waals surface area contributed by atoms with Crippen molar-refractivity contribution in [2.45, 2.75) is 13.5 Å². The number of ether oxygens (including phenoxy) is 1. The second-order valence-corrected chi connectivity index (χ2v) is 7.45. The number of nitriles is 1. The summed E-state index contributed by atoms with van der Waals surface area (Å²) in [5.74, 6) is -0.649. The summed E-state index contributed by atoms with van der Waals surface area (Å²) in [7, 11) is 0. The molecule has 0 aliphatic carbocycles. The van der Waals surface area contributed by atoms with Crippen LogP contribution in [0.1, 0.15) is 32.6 Å². The standard InChI is InChI=1S/C24H17Cl2NO3/c1-15-2-4-16(5-3-15)14-30-23-21(25)11-17(12-22(23)26)10-20(13-27)18-6-8-19(9-7-18)24(28)29/h2-12H,14H2,1H3,(H,28,29)/b20-10-. The Hall–Kier alpha value is -3.26. The van der Waals surface area contributed by atoms with Crippen LogP contribution in [0.2, 0.25) is 10.0 Å². The average molecular weight is 438 g/mol. The first kappa shape index (κ1) is 21.4. The maximum absolute atomic E-state index is 11.0. The first-order valence-electron chi connectivity index (χ1n) is 9.00. The van der Waals surface area contributed by atoms with Crippen molar-refractivity contribution in [1.29, 1.82) is 5.26 Å². The van der Waals surface area contributed by atoms with Crippen molar-refractivity contribution in [3.63, 3.8) is 0 Å². The molecule has 3 aromatic rings. The van der Waals surface area contributed by atoms with Gasteiger partial charge in [0.1, 0.15) is 6.61 Å². The summed E-state index contributed by atoms with van der Waals surface area (Å²) in [6.45, 7) is 2.34. The minimum Gasteiger partial charge on any atom is -0.486 e. The first-order chi connectivity index (χ1) is 14.4. The number of carbonyl (C=O) groups is 1. The Morgan fingerprint density at radius 3 is 2.13 bits per heavy atom. The van der Waals surface area contributed by atoms with E-state index in [-0.39, 0.29) is 5.56 Å². The Morgan fingerprint density at radius 1 is 1.03 bits per heavy atom. The van der Waals surface area contributed by atoms with Crippen LogP contribution < -0.4 is 4.74 Å². The molecule has 0 spiro atoms. The van der Waals surface area contributed by atoms with Crippen molar-refractivity contribution in [1.82, 2.24) is 0 Å². The van der Waals surface area contributed by atoms with Crippen molar-refractivity contribution < 1.29 is 14.6 Å². The highest BCUT2D eigenvalue weighted by atomic mass is 35.5. The van der Waals surface area contributed by atoms with Crippen molar-refractivity contribution >= 4 is 40.8 Å². The van der Waals surface area contributed by atoms with Gasteiger partial charge in [-0.05, 0) is 54.0 Å². The molecule has 3 aromatic carbocycles. The first-order valence-corrected chi connectivity index (χ1v) is 9.76. The summed E-state index contributed by atoms with van der Waals surface area (Å²) >= 11 is 12.7. The molecule has 6 heteroatoms. The van der Waals surface area contributed by atoms with E-state index in [9.17, 15) is 10.1 Å². The number of aromatic carboxylic acids is 1. The van der Waals surface area contributed by atoms with Gasteiger partial charge in [-0.1, -0.05) is 65.2 Å². The molecule has 4 nitrogen and oxygen atoms in total. The molecule has 30 heavy (non-hydrogen) atoms. The number of hydrogen-bond acceptors (Lipinski definition) is 3.